The van der Waals surface area contributed by atoms with Crippen LogP contribution >= 0.6 is 15.9 Å². The molecule has 4 heteroatoms. The van der Waals surface area contributed by atoms with E-state index in [4.69, 9.17) is 4.42 Å². The molecular weight excluding hydrogens is 288 g/mol. The van der Waals surface area contributed by atoms with E-state index in [0.29, 0.717) is 11.5 Å². The first-order chi connectivity index (χ1) is 7.56. The van der Waals surface area contributed by atoms with E-state index in [0.717, 1.165) is 15.4 Å². The molecule has 0 aliphatic carbocycles. The summed E-state index contributed by atoms with van der Waals surface area (Å²) in [5.41, 5.74) is 0.763. The molecule has 0 aliphatic heterocycles. The van der Waals surface area contributed by atoms with E-state index in [-0.39, 0.29) is 16.7 Å². The standard InChI is InChI=1S/C12H12BrO2S/c1-16(2)7-10(14)12-6-8-5-9(13)3-4-11(8)15-12/h3-6H,7H2,1-2H3/q+1. The Morgan fingerprint density at radius 2 is 2.12 bits per heavy atom. The normalized spacial score (nSPS) is 11.2. The third-order valence-corrected chi connectivity index (χ3v) is 3.51. The van der Waals surface area contributed by atoms with Crippen molar-refractivity contribution in [3.63, 3.8) is 0 Å². The van der Waals surface area contributed by atoms with Crippen LogP contribution < -0.4 is 0 Å². The van der Waals surface area contributed by atoms with Crippen molar-refractivity contribution in [1.29, 1.82) is 0 Å². The number of halogens is 1. The molecule has 1 aromatic heterocycles. The summed E-state index contributed by atoms with van der Waals surface area (Å²) in [6.45, 7) is 0. The maximum absolute atomic E-state index is 11.8. The molecule has 0 aliphatic rings. The lowest BCUT2D eigenvalue weighted by atomic mass is 10.2. The first kappa shape index (κ1) is 11.7. The molecule has 1 aromatic carbocycles. The Hall–Kier alpha value is -0.740. The zero-order chi connectivity index (χ0) is 11.7. The molecular formula is C12H12BrO2S+. The van der Waals surface area contributed by atoms with Crippen molar-refractivity contribution in [2.75, 3.05) is 18.3 Å². The quantitative estimate of drug-likeness (QED) is 0.643. The van der Waals surface area contributed by atoms with E-state index in [2.05, 4.69) is 28.4 Å². The van der Waals surface area contributed by atoms with Gasteiger partial charge < -0.3 is 4.42 Å². The van der Waals surface area contributed by atoms with Gasteiger partial charge >= 0.3 is 0 Å². The van der Waals surface area contributed by atoms with Crippen LogP contribution in [0.25, 0.3) is 11.0 Å². The van der Waals surface area contributed by atoms with Crippen molar-refractivity contribution < 1.29 is 9.21 Å². The first-order valence-electron chi connectivity index (χ1n) is 4.83. The van der Waals surface area contributed by atoms with Gasteiger partial charge in [-0.05, 0) is 35.2 Å². The smallest absolute Gasteiger partial charge is 0.246 e. The average molecular weight is 300 g/mol. The fraction of sp³-hybridized carbons (Fsp3) is 0.250. The maximum Gasteiger partial charge on any atom is 0.246 e. The number of rotatable bonds is 3. The predicted octanol–water partition coefficient (Wildman–Crippen LogP) is 3.26. The van der Waals surface area contributed by atoms with Crippen LogP contribution in [0.4, 0.5) is 0 Å². The third kappa shape index (κ3) is 2.50. The van der Waals surface area contributed by atoms with Gasteiger partial charge in [0.1, 0.15) is 5.58 Å². The zero-order valence-corrected chi connectivity index (χ0v) is 11.5. The molecule has 1 heterocycles. The zero-order valence-electron chi connectivity index (χ0n) is 9.12. The van der Waals surface area contributed by atoms with E-state index < -0.39 is 0 Å². The summed E-state index contributed by atoms with van der Waals surface area (Å²) < 4.78 is 6.51. The van der Waals surface area contributed by atoms with Crippen molar-refractivity contribution in [3.05, 3.63) is 34.5 Å². The predicted molar refractivity (Wildman–Crippen MR) is 72.3 cm³/mol. The maximum atomic E-state index is 11.8. The lowest BCUT2D eigenvalue weighted by Gasteiger charge is -1.93. The molecule has 0 amide bonds. The van der Waals surface area contributed by atoms with Crippen molar-refractivity contribution in [2.45, 2.75) is 0 Å². The number of hydrogen-bond acceptors (Lipinski definition) is 2. The highest BCUT2D eigenvalue weighted by atomic mass is 79.9. The van der Waals surface area contributed by atoms with Gasteiger partial charge in [-0.25, -0.2) is 0 Å². The van der Waals surface area contributed by atoms with E-state index >= 15 is 0 Å². The molecule has 0 spiro atoms. The SMILES string of the molecule is C[S+](C)CC(=O)c1cc2cc(Br)ccc2o1. The molecule has 0 saturated heterocycles. The van der Waals surface area contributed by atoms with E-state index in [1.54, 1.807) is 0 Å². The van der Waals surface area contributed by atoms with Gasteiger partial charge in [-0.1, -0.05) is 15.9 Å². The van der Waals surface area contributed by atoms with Crippen molar-refractivity contribution in [3.8, 4) is 0 Å². The second kappa shape index (κ2) is 4.63. The summed E-state index contributed by atoms with van der Waals surface area (Å²) in [5.74, 6) is 1.11. The summed E-state index contributed by atoms with van der Waals surface area (Å²) in [6.07, 6.45) is 4.11. The van der Waals surface area contributed by atoms with Crippen molar-refractivity contribution in [2.24, 2.45) is 0 Å². The molecule has 2 nitrogen and oxygen atoms in total. The highest BCUT2D eigenvalue weighted by molar-refractivity contribution is 9.10. The average Bonchev–Trinajstić information content (AvgIpc) is 2.59. The molecule has 0 bridgehead atoms. The largest absolute Gasteiger partial charge is 0.453 e. The summed E-state index contributed by atoms with van der Waals surface area (Å²) in [7, 11) is 0.109. The molecule has 0 atom stereocenters. The van der Waals surface area contributed by atoms with Crippen molar-refractivity contribution >= 4 is 43.6 Å². The summed E-state index contributed by atoms with van der Waals surface area (Å²) >= 11 is 3.39. The minimum atomic E-state index is 0.0839. The third-order valence-electron chi connectivity index (χ3n) is 2.17. The lowest BCUT2D eigenvalue weighted by molar-refractivity contribution is 0.0994. The molecule has 84 valence electrons. The number of furan rings is 1. The number of Topliss-reactive ketones (excluding diaryl/α,β-unsaturated/α-hetero) is 1. The minimum Gasteiger partial charge on any atom is -0.453 e. The Labute approximate surface area is 105 Å². The Balaban J connectivity index is 2.36. The van der Waals surface area contributed by atoms with Crippen LogP contribution in [0.3, 0.4) is 0 Å². The summed E-state index contributed by atoms with van der Waals surface area (Å²) in [5, 5.41) is 0.963. The van der Waals surface area contributed by atoms with Gasteiger partial charge in [0.2, 0.25) is 5.78 Å². The lowest BCUT2D eigenvalue weighted by Crippen LogP contribution is -2.12. The summed E-state index contributed by atoms with van der Waals surface area (Å²) in [6, 6.07) is 7.54. The Morgan fingerprint density at radius 3 is 2.81 bits per heavy atom. The molecule has 2 rings (SSSR count). The topological polar surface area (TPSA) is 30.2 Å². The van der Waals surface area contributed by atoms with E-state index in [1.807, 2.05) is 24.3 Å². The Morgan fingerprint density at radius 1 is 1.38 bits per heavy atom. The Bertz CT molecular complexity index is 531. The van der Waals surface area contributed by atoms with Gasteiger partial charge in [-0.2, -0.15) is 0 Å². The van der Waals surface area contributed by atoms with Crippen LogP contribution in [0, 0.1) is 0 Å². The van der Waals surface area contributed by atoms with E-state index in [1.165, 1.54) is 0 Å². The minimum absolute atomic E-state index is 0.0839. The number of hydrogen-bond donors (Lipinski definition) is 0. The van der Waals surface area contributed by atoms with Crippen LogP contribution in [-0.2, 0) is 10.9 Å². The van der Waals surface area contributed by atoms with Crippen molar-refractivity contribution in [1.82, 2.24) is 0 Å². The number of ketones is 1. The first-order valence-corrected chi connectivity index (χ1v) is 7.83. The molecule has 16 heavy (non-hydrogen) atoms. The number of carbonyl (C=O) groups excluding carboxylic acids is 1. The van der Waals surface area contributed by atoms with Gasteiger partial charge in [0.05, 0.1) is 12.5 Å². The van der Waals surface area contributed by atoms with Crippen LogP contribution in [0.5, 0.6) is 0 Å². The molecule has 0 saturated carbocycles. The number of carbonyl (C=O) groups is 1. The van der Waals surface area contributed by atoms with Crippen LogP contribution in [0.15, 0.2) is 33.2 Å². The molecule has 2 aromatic rings. The number of benzene rings is 1. The monoisotopic (exact) mass is 299 g/mol. The van der Waals surface area contributed by atoms with E-state index in [9.17, 15) is 4.79 Å². The van der Waals surface area contributed by atoms with Crippen LogP contribution in [0.2, 0.25) is 0 Å². The van der Waals surface area contributed by atoms with Gasteiger partial charge in [0.25, 0.3) is 0 Å². The number of fused-ring (bicyclic) bond motifs is 1. The van der Waals surface area contributed by atoms with Gasteiger partial charge in [-0.3, -0.25) is 4.79 Å². The highest BCUT2D eigenvalue weighted by Gasteiger charge is 2.18. The fourth-order valence-electron chi connectivity index (χ4n) is 1.48. The molecule has 0 N–H and O–H groups in total. The second-order valence-electron chi connectivity index (χ2n) is 3.85. The van der Waals surface area contributed by atoms with Gasteiger partial charge in [0.15, 0.2) is 11.5 Å². The molecule has 0 unspecified atom stereocenters. The molecule has 0 radical (unpaired) electrons. The highest BCUT2D eigenvalue weighted by Crippen LogP contribution is 2.23. The Kier molecular flexibility index (Phi) is 3.40. The van der Waals surface area contributed by atoms with Crippen LogP contribution in [-0.4, -0.2) is 24.0 Å². The summed E-state index contributed by atoms with van der Waals surface area (Å²) in [4.78, 5) is 11.8. The molecule has 0 fully saturated rings. The fourth-order valence-corrected chi connectivity index (χ4v) is 2.53. The van der Waals surface area contributed by atoms with Gasteiger partial charge in [-0.15, -0.1) is 0 Å². The van der Waals surface area contributed by atoms with Gasteiger partial charge in [0, 0.05) is 9.86 Å². The van der Waals surface area contributed by atoms with Crippen LogP contribution in [0.1, 0.15) is 10.6 Å². The second-order valence-corrected chi connectivity index (χ2v) is 7.02.